The maximum absolute atomic E-state index is 12.0. The van der Waals surface area contributed by atoms with Crippen LogP contribution in [0, 0.1) is 0 Å². The van der Waals surface area contributed by atoms with E-state index in [0.717, 1.165) is 6.42 Å². The van der Waals surface area contributed by atoms with Gasteiger partial charge in [0.2, 0.25) is 0 Å². The Kier molecular flexibility index (Phi) is 3.93. The number of nitrogens with zero attached hydrogens (tertiary/aromatic N) is 1. The molecule has 6 heteroatoms. The van der Waals surface area contributed by atoms with Crippen LogP contribution in [0.15, 0.2) is 18.2 Å². The fourth-order valence-electron chi connectivity index (χ4n) is 1.84. The lowest BCUT2D eigenvalue weighted by Crippen LogP contribution is -2.43. The van der Waals surface area contributed by atoms with Crippen molar-refractivity contribution in [2.24, 2.45) is 0 Å². The lowest BCUT2D eigenvalue weighted by molar-refractivity contribution is 0.189. The Bertz CT molecular complexity index is 447. The van der Waals surface area contributed by atoms with Gasteiger partial charge in [0.05, 0.1) is 24.0 Å². The SMILES string of the molecule is CN(C(=O)NC1CCOC1)c1cc(Cl)ccc1N. The molecular formula is C12H16ClN3O2. The van der Waals surface area contributed by atoms with Gasteiger partial charge in [-0.15, -0.1) is 0 Å². The minimum Gasteiger partial charge on any atom is -0.397 e. The van der Waals surface area contributed by atoms with Crippen LogP contribution >= 0.6 is 11.6 Å². The Morgan fingerprint density at radius 3 is 3.06 bits per heavy atom. The normalized spacial score (nSPS) is 18.7. The molecule has 1 aliphatic rings. The molecule has 2 amide bonds. The van der Waals surface area contributed by atoms with E-state index in [9.17, 15) is 4.79 Å². The standard InChI is InChI=1S/C12H16ClN3O2/c1-16(11-6-8(13)2-3-10(11)14)12(17)15-9-4-5-18-7-9/h2-3,6,9H,4-5,7,14H2,1H3,(H,15,17). The Morgan fingerprint density at radius 1 is 1.61 bits per heavy atom. The molecule has 0 saturated carbocycles. The number of ether oxygens (including phenoxy) is 1. The van der Waals surface area contributed by atoms with Gasteiger partial charge in [0, 0.05) is 18.7 Å². The highest BCUT2D eigenvalue weighted by Gasteiger charge is 2.21. The van der Waals surface area contributed by atoms with E-state index < -0.39 is 0 Å². The van der Waals surface area contributed by atoms with Crippen LogP contribution in [0.1, 0.15) is 6.42 Å². The highest BCUT2D eigenvalue weighted by atomic mass is 35.5. The van der Waals surface area contributed by atoms with Crippen LogP contribution in [0.4, 0.5) is 16.2 Å². The summed E-state index contributed by atoms with van der Waals surface area (Å²) in [6, 6.07) is 4.90. The number of rotatable bonds is 2. The van der Waals surface area contributed by atoms with E-state index in [1.807, 2.05) is 0 Å². The van der Waals surface area contributed by atoms with Gasteiger partial charge in [-0.25, -0.2) is 4.79 Å². The van der Waals surface area contributed by atoms with Crippen molar-refractivity contribution in [3.05, 3.63) is 23.2 Å². The van der Waals surface area contributed by atoms with Crippen LogP contribution in [0.2, 0.25) is 5.02 Å². The molecule has 0 spiro atoms. The molecule has 98 valence electrons. The largest absolute Gasteiger partial charge is 0.397 e. The average molecular weight is 270 g/mol. The summed E-state index contributed by atoms with van der Waals surface area (Å²) in [7, 11) is 1.66. The zero-order valence-corrected chi connectivity index (χ0v) is 10.9. The van der Waals surface area contributed by atoms with Crippen LogP contribution < -0.4 is 16.0 Å². The molecule has 1 unspecified atom stereocenters. The molecule has 0 aliphatic carbocycles. The first-order valence-corrected chi connectivity index (χ1v) is 6.12. The van der Waals surface area contributed by atoms with E-state index in [1.165, 1.54) is 4.90 Å². The lowest BCUT2D eigenvalue weighted by atomic mass is 10.2. The summed E-state index contributed by atoms with van der Waals surface area (Å²) in [4.78, 5) is 13.5. The van der Waals surface area contributed by atoms with Gasteiger partial charge in [-0.1, -0.05) is 11.6 Å². The zero-order chi connectivity index (χ0) is 13.1. The van der Waals surface area contributed by atoms with Crippen molar-refractivity contribution in [2.45, 2.75) is 12.5 Å². The molecule has 1 heterocycles. The van der Waals surface area contributed by atoms with Crippen molar-refractivity contribution >= 4 is 29.0 Å². The second-order valence-corrected chi connectivity index (χ2v) is 4.71. The number of nitrogens with one attached hydrogen (secondary N) is 1. The van der Waals surface area contributed by atoms with Crippen LogP contribution in [0.5, 0.6) is 0 Å². The van der Waals surface area contributed by atoms with Gasteiger partial charge >= 0.3 is 6.03 Å². The Morgan fingerprint density at radius 2 is 2.39 bits per heavy atom. The van der Waals surface area contributed by atoms with Gasteiger partial charge in [0.25, 0.3) is 0 Å². The van der Waals surface area contributed by atoms with E-state index in [1.54, 1.807) is 25.2 Å². The molecule has 0 radical (unpaired) electrons. The van der Waals surface area contributed by atoms with E-state index in [0.29, 0.717) is 29.6 Å². The first-order valence-electron chi connectivity index (χ1n) is 5.75. The third-order valence-electron chi connectivity index (χ3n) is 2.92. The highest BCUT2D eigenvalue weighted by molar-refractivity contribution is 6.31. The summed E-state index contributed by atoms with van der Waals surface area (Å²) in [5.74, 6) is 0. The van der Waals surface area contributed by atoms with Gasteiger partial charge in [-0.2, -0.15) is 0 Å². The molecule has 1 aliphatic heterocycles. The number of nitrogen functional groups attached to an aromatic ring is 1. The Balaban J connectivity index is 2.07. The fraction of sp³-hybridized carbons (Fsp3) is 0.417. The van der Waals surface area contributed by atoms with Gasteiger partial charge in [-0.3, -0.25) is 4.90 Å². The minimum atomic E-state index is -0.209. The van der Waals surface area contributed by atoms with E-state index >= 15 is 0 Å². The summed E-state index contributed by atoms with van der Waals surface area (Å²) in [6.07, 6.45) is 0.838. The van der Waals surface area contributed by atoms with E-state index in [2.05, 4.69) is 5.32 Å². The molecule has 2 rings (SSSR count). The maximum atomic E-state index is 12.0. The number of anilines is 2. The number of benzene rings is 1. The summed E-state index contributed by atoms with van der Waals surface area (Å²) in [6.45, 7) is 1.25. The highest BCUT2D eigenvalue weighted by Crippen LogP contribution is 2.26. The number of hydrogen-bond donors (Lipinski definition) is 2. The van der Waals surface area contributed by atoms with Crippen molar-refractivity contribution in [1.82, 2.24) is 5.32 Å². The lowest BCUT2D eigenvalue weighted by Gasteiger charge is -2.22. The second-order valence-electron chi connectivity index (χ2n) is 4.27. The van der Waals surface area contributed by atoms with Crippen molar-refractivity contribution in [1.29, 1.82) is 0 Å². The van der Waals surface area contributed by atoms with Crippen LogP contribution in [0.25, 0.3) is 0 Å². The van der Waals surface area contributed by atoms with Crippen molar-refractivity contribution in [2.75, 3.05) is 30.9 Å². The van der Waals surface area contributed by atoms with E-state index in [-0.39, 0.29) is 12.1 Å². The minimum absolute atomic E-state index is 0.0698. The van der Waals surface area contributed by atoms with Crippen molar-refractivity contribution in [3.63, 3.8) is 0 Å². The number of carbonyl (C=O) groups excluding carboxylic acids is 1. The molecule has 3 N–H and O–H groups in total. The van der Waals surface area contributed by atoms with Gasteiger partial charge in [0.15, 0.2) is 0 Å². The molecule has 1 aromatic rings. The number of halogens is 1. The monoisotopic (exact) mass is 269 g/mol. The fourth-order valence-corrected chi connectivity index (χ4v) is 2.00. The molecule has 1 fully saturated rings. The molecule has 5 nitrogen and oxygen atoms in total. The molecule has 0 aromatic heterocycles. The summed E-state index contributed by atoms with van der Waals surface area (Å²) in [5, 5.41) is 3.43. The second kappa shape index (κ2) is 5.46. The maximum Gasteiger partial charge on any atom is 0.321 e. The van der Waals surface area contributed by atoms with Crippen molar-refractivity contribution < 1.29 is 9.53 Å². The molecule has 1 saturated heterocycles. The number of nitrogens with two attached hydrogens (primary N) is 1. The summed E-state index contributed by atoms with van der Waals surface area (Å²) < 4.78 is 5.21. The van der Waals surface area contributed by atoms with Crippen LogP contribution in [-0.4, -0.2) is 32.3 Å². The quantitative estimate of drug-likeness (QED) is 0.806. The molecule has 1 aromatic carbocycles. The van der Waals surface area contributed by atoms with Gasteiger partial charge in [0.1, 0.15) is 0 Å². The molecule has 0 bridgehead atoms. The van der Waals surface area contributed by atoms with Crippen molar-refractivity contribution in [3.8, 4) is 0 Å². The first-order chi connectivity index (χ1) is 8.58. The molecule has 1 atom stereocenters. The predicted octanol–water partition coefficient (Wildman–Crippen LogP) is 1.86. The first kappa shape index (κ1) is 13.0. The average Bonchev–Trinajstić information content (AvgIpc) is 2.84. The van der Waals surface area contributed by atoms with E-state index in [4.69, 9.17) is 22.1 Å². The molecular weight excluding hydrogens is 254 g/mol. The van der Waals surface area contributed by atoms with Crippen LogP contribution in [0.3, 0.4) is 0 Å². The smallest absolute Gasteiger partial charge is 0.321 e. The number of urea groups is 1. The topological polar surface area (TPSA) is 67.6 Å². The Hall–Kier alpha value is -1.46. The number of hydrogen-bond acceptors (Lipinski definition) is 3. The van der Waals surface area contributed by atoms with Gasteiger partial charge in [-0.05, 0) is 24.6 Å². The summed E-state index contributed by atoms with van der Waals surface area (Å²) >= 11 is 5.90. The third-order valence-corrected chi connectivity index (χ3v) is 3.15. The molecule has 18 heavy (non-hydrogen) atoms. The van der Waals surface area contributed by atoms with Crippen LogP contribution in [-0.2, 0) is 4.74 Å². The number of carbonyl (C=O) groups is 1. The third kappa shape index (κ3) is 2.86. The number of amides is 2. The predicted molar refractivity (Wildman–Crippen MR) is 72.0 cm³/mol. The summed E-state index contributed by atoms with van der Waals surface area (Å²) in [5.41, 5.74) is 6.94. The Labute approximate surface area is 111 Å². The zero-order valence-electron chi connectivity index (χ0n) is 10.1. The van der Waals surface area contributed by atoms with Gasteiger partial charge < -0.3 is 15.8 Å².